The monoisotopic (exact) mass is 259 g/mol. The van der Waals surface area contributed by atoms with Crippen molar-refractivity contribution in [3.05, 3.63) is 58.3 Å². The number of nitrogens with one attached hydrogen (secondary N) is 2. The summed E-state index contributed by atoms with van der Waals surface area (Å²) in [6.45, 7) is 0. The topological polar surface area (TPSA) is 112 Å². The van der Waals surface area contributed by atoms with Crippen LogP contribution in [0.3, 0.4) is 0 Å². The number of aromatic nitrogens is 2. The van der Waals surface area contributed by atoms with Crippen molar-refractivity contribution in [2.75, 3.05) is 5.32 Å². The van der Waals surface area contributed by atoms with Crippen LogP contribution < -0.4 is 10.7 Å². The summed E-state index contributed by atoms with van der Waals surface area (Å²) in [5, 5.41) is 11.2. The molecule has 7 heteroatoms. The highest BCUT2D eigenvalue weighted by atomic mass is 16.4. The Hall–Kier alpha value is -2.96. The van der Waals surface area contributed by atoms with Gasteiger partial charge in [-0.05, 0) is 12.1 Å². The number of carbonyl (C=O) groups excluding carboxylic acids is 1. The minimum atomic E-state index is -1.20. The van der Waals surface area contributed by atoms with Gasteiger partial charge in [-0.3, -0.25) is 9.59 Å². The van der Waals surface area contributed by atoms with Gasteiger partial charge in [-0.15, -0.1) is 0 Å². The number of anilines is 1. The van der Waals surface area contributed by atoms with Gasteiger partial charge in [0.05, 0.1) is 0 Å². The molecule has 19 heavy (non-hydrogen) atoms. The Morgan fingerprint density at radius 2 is 2.11 bits per heavy atom. The average Bonchev–Trinajstić information content (AvgIpc) is 2.39. The highest BCUT2D eigenvalue weighted by Crippen LogP contribution is 2.09. The molecule has 0 aliphatic heterocycles. The molecule has 2 aromatic rings. The predicted octanol–water partition coefficient (Wildman–Crippen LogP) is 0.720. The maximum Gasteiger partial charge on any atom is 0.354 e. The van der Waals surface area contributed by atoms with E-state index in [0.29, 0.717) is 0 Å². The van der Waals surface area contributed by atoms with Crippen molar-refractivity contribution in [3.8, 4) is 0 Å². The molecular formula is C12H9N3O4. The minimum absolute atomic E-state index is 0.0591. The number of carboxylic acid groups (broad SMARTS) is 1. The quantitative estimate of drug-likeness (QED) is 0.751. The molecule has 1 amide bonds. The van der Waals surface area contributed by atoms with E-state index in [-0.39, 0.29) is 16.9 Å². The first-order valence-electron chi connectivity index (χ1n) is 5.26. The fourth-order valence-corrected chi connectivity index (χ4v) is 1.42. The molecule has 0 bridgehead atoms. The van der Waals surface area contributed by atoms with E-state index in [2.05, 4.69) is 15.3 Å². The van der Waals surface area contributed by atoms with Gasteiger partial charge in [-0.25, -0.2) is 9.78 Å². The second-order valence-electron chi connectivity index (χ2n) is 3.61. The number of aromatic amines is 1. The number of pyridine rings is 2. The van der Waals surface area contributed by atoms with Gasteiger partial charge >= 0.3 is 5.97 Å². The average molecular weight is 259 g/mol. The van der Waals surface area contributed by atoms with Crippen LogP contribution in [0.1, 0.15) is 20.8 Å². The molecule has 2 heterocycles. The maximum absolute atomic E-state index is 11.8. The number of carbonyl (C=O) groups is 2. The summed E-state index contributed by atoms with van der Waals surface area (Å²) < 4.78 is 0. The molecule has 96 valence electrons. The van der Waals surface area contributed by atoms with E-state index in [1.165, 1.54) is 36.8 Å². The van der Waals surface area contributed by atoms with E-state index >= 15 is 0 Å². The lowest BCUT2D eigenvalue weighted by Gasteiger charge is -2.04. The van der Waals surface area contributed by atoms with Crippen LogP contribution in [0.15, 0.2) is 41.6 Å². The van der Waals surface area contributed by atoms with Crippen LogP contribution in [0.4, 0.5) is 5.69 Å². The number of nitrogens with zero attached hydrogens (tertiary/aromatic N) is 1. The molecule has 0 radical (unpaired) electrons. The van der Waals surface area contributed by atoms with E-state index in [0.717, 1.165) is 0 Å². The molecule has 0 saturated carbocycles. The lowest BCUT2D eigenvalue weighted by molar-refractivity contribution is 0.0690. The zero-order valence-electron chi connectivity index (χ0n) is 9.58. The second-order valence-corrected chi connectivity index (χ2v) is 3.61. The van der Waals surface area contributed by atoms with Gasteiger partial charge in [-0.1, -0.05) is 0 Å². The van der Waals surface area contributed by atoms with Crippen molar-refractivity contribution in [2.45, 2.75) is 0 Å². The zero-order chi connectivity index (χ0) is 13.8. The molecule has 0 fully saturated rings. The Morgan fingerprint density at radius 3 is 2.79 bits per heavy atom. The van der Waals surface area contributed by atoms with Gasteiger partial charge in [0.1, 0.15) is 11.3 Å². The lowest BCUT2D eigenvalue weighted by atomic mass is 10.2. The highest BCUT2D eigenvalue weighted by molar-refractivity contribution is 6.04. The van der Waals surface area contributed by atoms with E-state index in [4.69, 9.17) is 5.11 Å². The molecule has 0 spiro atoms. The normalized spacial score (nSPS) is 9.89. The van der Waals surface area contributed by atoms with Gasteiger partial charge < -0.3 is 15.4 Å². The summed E-state index contributed by atoms with van der Waals surface area (Å²) in [7, 11) is 0. The molecule has 0 saturated heterocycles. The van der Waals surface area contributed by atoms with E-state index < -0.39 is 17.3 Å². The molecule has 0 aromatic carbocycles. The predicted molar refractivity (Wildman–Crippen MR) is 66.2 cm³/mol. The Balaban J connectivity index is 2.25. The largest absolute Gasteiger partial charge is 0.477 e. The molecule has 0 aliphatic carbocycles. The van der Waals surface area contributed by atoms with Gasteiger partial charge in [0.25, 0.3) is 5.91 Å². The first kappa shape index (κ1) is 12.5. The van der Waals surface area contributed by atoms with E-state index in [1.54, 1.807) is 0 Å². The number of hydrogen-bond donors (Lipinski definition) is 3. The van der Waals surface area contributed by atoms with Crippen LogP contribution in [0, 0.1) is 0 Å². The number of amides is 1. The summed E-state index contributed by atoms with van der Waals surface area (Å²) >= 11 is 0. The maximum atomic E-state index is 11.8. The summed E-state index contributed by atoms with van der Waals surface area (Å²) in [6, 6.07) is 3.86. The van der Waals surface area contributed by atoms with Gasteiger partial charge in [0.2, 0.25) is 0 Å². The first-order valence-corrected chi connectivity index (χ1v) is 5.26. The Morgan fingerprint density at radius 1 is 1.32 bits per heavy atom. The summed E-state index contributed by atoms with van der Waals surface area (Å²) in [5.74, 6) is -1.82. The van der Waals surface area contributed by atoms with Crippen molar-refractivity contribution >= 4 is 17.6 Å². The number of hydrogen-bond acceptors (Lipinski definition) is 4. The summed E-state index contributed by atoms with van der Waals surface area (Å²) in [6.07, 6.45) is 3.94. The van der Waals surface area contributed by atoms with Crippen molar-refractivity contribution < 1.29 is 14.7 Å². The molecule has 0 aliphatic rings. The van der Waals surface area contributed by atoms with Crippen LogP contribution in [-0.2, 0) is 0 Å². The fraction of sp³-hybridized carbons (Fsp3) is 0. The van der Waals surface area contributed by atoms with Crippen LogP contribution in [0.5, 0.6) is 0 Å². The van der Waals surface area contributed by atoms with Crippen LogP contribution in [0.2, 0.25) is 0 Å². The molecule has 2 rings (SSSR count). The van der Waals surface area contributed by atoms with Crippen molar-refractivity contribution in [2.24, 2.45) is 0 Å². The third kappa shape index (κ3) is 2.83. The standard InChI is InChI=1S/C12H9N3O4/c16-10-2-3-13-6-8(10)11(17)15-7-1-4-14-9(5-7)12(18)19/h1-6H,(H,13,16)(H,18,19)(H,14,15,17). The number of H-pyrrole nitrogens is 1. The Labute approximate surface area is 106 Å². The van der Waals surface area contributed by atoms with Crippen molar-refractivity contribution in [3.63, 3.8) is 0 Å². The minimum Gasteiger partial charge on any atom is -0.477 e. The van der Waals surface area contributed by atoms with Crippen LogP contribution in [-0.4, -0.2) is 27.0 Å². The van der Waals surface area contributed by atoms with Crippen molar-refractivity contribution in [1.29, 1.82) is 0 Å². The number of carboxylic acids is 1. The second kappa shape index (κ2) is 5.13. The Bertz CT molecular complexity index is 693. The molecule has 7 nitrogen and oxygen atoms in total. The third-order valence-corrected chi connectivity index (χ3v) is 2.31. The van der Waals surface area contributed by atoms with Gasteiger partial charge in [0, 0.05) is 30.3 Å². The van der Waals surface area contributed by atoms with Gasteiger partial charge in [0.15, 0.2) is 5.43 Å². The summed E-state index contributed by atoms with van der Waals surface area (Å²) in [5.41, 5.74) is -0.430. The fourth-order valence-electron chi connectivity index (χ4n) is 1.42. The lowest BCUT2D eigenvalue weighted by Crippen LogP contribution is -2.21. The number of aromatic carboxylic acids is 1. The van der Waals surface area contributed by atoms with Crippen molar-refractivity contribution in [1.82, 2.24) is 9.97 Å². The Kier molecular flexibility index (Phi) is 3.37. The number of rotatable bonds is 3. The van der Waals surface area contributed by atoms with Crippen LogP contribution in [0.25, 0.3) is 0 Å². The third-order valence-electron chi connectivity index (χ3n) is 2.31. The highest BCUT2D eigenvalue weighted by Gasteiger charge is 2.11. The van der Waals surface area contributed by atoms with Crippen LogP contribution >= 0.6 is 0 Å². The molecular weight excluding hydrogens is 250 g/mol. The molecule has 0 atom stereocenters. The van der Waals surface area contributed by atoms with E-state index in [9.17, 15) is 14.4 Å². The molecule has 2 aromatic heterocycles. The first-order chi connectivity index (χ1) is 9.08. The SMILES string of the molecule is O=C(O)c1cc(NC(=O)c2c[nH]ccc2=O)ccn1. The smallest absolute Gasteiger partial charge is 0.354 e. The molecule has 0 unspecified atom stereocenters. The summed E-state index contributed by atoms with van der Waals surface area (Å²) in [4.78, 5) is 40.2. The van der Waals surface area contributed by atoms with Gasteiger partial charge in [-0.2, -0.15) is 0 Å². The van der Waals surface area contributed by atoms with E-state index in [1.807, 2.05) is 0 Å². The molecule has 3 N–H and O–H groups in total. The zero-order valence-corrected chi connectivity index (χ0v) is 9.58.